The third kappa shape index (κ3) is 8.98. The maximum Gasteiger partial charge on any atom is 0.417 e. The number of rotatable bonds is 13. The van der Waals surface area contributed by atoms with Gasteiger partial charge in [0, 0.05) is 68.5 Å². The van der Waals surface area contributed by atoms with Crippen molar-refractivity contribution in [2.75, 3.05) is 56.9 Å². The SMILES string of the molecule is CN1CC(NC(=O)c2cnc3cc(C(F)(F)F)c(-c4ccc(C(=O)NCCCN5CCC(Nc6cccc7c6C(=O)N(C6CCC(=O)NC6=O)C7=O)CC5)c(F)c4)cc3c2NC2CC2)C1. The molecule has 4 fully saturated rings. The van der Waals surface area contributed by atoms with Gasteiger partial charge in [-0.3, -0.25) is 44.0 Å². The van der Waals surface area contributed by atoms with Gasteiger partial charge in [-0.15, -0.1) is 0 Å². The Morgan fingerprint density at radius 3 is 2.29 bits per heavy atom. The highest BCUT2D eigenvalue weighted by Crippen LogP contribution is 2.42. The molecule has 3 aromatic carbocycles. The standard InChI is InChI=1S/C46H47F4N9O6/c1-57-22-27(23-57)55-42(62)32-21-52-36-20-33(46(48,49)50)30(19-31(36)40(32)54-25-7-8-25)24-6-9-28(34(47)18-24)41(61)51-14-3-15-58-16-12-26(13-17-58)53-35-5-2-4-29-39(35)45(65)59(44(29)64)37-10-11-38(60)56-43(37)63/h2,4-6,9,18-21,25-27,37,53H,3,7-8,10-17,22-23H2,1H3,(H,51,61)(H,52,54)(H,55,62)(H,56,60,63). The van der Waals surface area contributed by atoms with Crippen molar-refractivity contribution in [3.63, 3.8) is 0 Å². The first-order valence-electron chi connectivity index (χ1n) is 21.8. The summed E-state index contributed by atoms with van der Waals surface area (Å²) in [6.07, 6.45) is 0.186. The normalized spacial score (nSPS) is 19.8. The zero-order valence-corrected chi connectivity index (χ0v) is 35.4. The number of anilines is 2. The smallest absolute Gasteiger partial charge is 0.382 e. The third-order valence-corrected chi connectivity index (χ3v) is 12.8. The summed E-state index contributed by atoms with van der Waals surface area (Å²) in [5, 5.41) is 14.9. The Bertz CT molecular complexity index is 2620. The molecule has 65 heavy (non-hydrogen) atoms. The van der Waals surface area contributed by atoms with Gasteiger partial charge in [-0.1, -0.05) is 12.1 Å². The molecule has 4 aliphatic heterocycles. The van der Waals surface area contributed by atoms with Crippen molar-refractivity contribution in [1.82, 2.24) is 35.6 Å². The lowest BCUT2D eigenvalue weighted by Crippen LogP contribution is -2.57. The van der Waals surface area contributed by atoms with E-state index in [2.05, 4.69) is 36.5 Å². The molecule has 1 aliphatic carbocycles. The Morgan fingerprint density at radius 1 is 0.846 bits per heavy atom. The molecule has 19 heteroatoms. The monoisotopic (exact) mass is 897 g/mol. The summed E-state index contributed by atoms with van der Waals surface area (Å²) in [7, 11) is 1.93. The number of carbonyl (C=O) groups excluding carboxylic acids is 6. The number of likely N-dealkylation sites (tertiary alicyclic amines) is 2. The Labute approximate surface area is 370 Å². The van der Waals surface area contributed by atoms with E-state index in [0.717, 1.165) is 29.9 Å². The van der Waals surface area contributed by atoms with Gasteiger partial charge < -0.3 is 31.1 Å². The van der Waals surface area contributed by atoms with Gasteiger partial charge in [0.2, 0.25) is 11.8 Å². The van der Waals surface area contributed by atoms with Crippen LogP contribution in [0.4, 0.5) is 28.9 Å². The van der Waals surface area contributed by atoms with Crippen molar-refractivity contribution in [2.24, 2.45) is 0 Å². The van der Waals surface area contributed by atoms with Crippen LogP contribution in [0.5, 0.6) is 0 Å². The fourth-order valence-electron chi connectivity index (χ4n) is 9.15. The second-order valence-electron chi connectivity index (χ2n) is 17.5. The first-order valence-corrected chi connectivity index (χ1v) is 21.8. The summed E-state index contributed by atoms with van der Waals surface area (Å²) < 4.78 is 59.4. The fraction of sp³-hybridized carbons (Fsp3) is 0.413. The van der Waals surface area contributed by atoms with Crippen LogP contribution in [0.1, 0.15) is 91.9 Å². The number of imide groups is 2. The van der Waals surface area contributed by atoms with E-state index in [1.807, 2.05) is 11.9 Å². The Kier molecular flexibility index (Phi) is 11.8. The summed E-state index contributed by atoms with van der Waals surface area (Å²) in [4.78, 5) is 86.8. The average Bonchev–Trinajstić information content (AvgIpc) is 4.05. The van der Waals surface area contributed by atoms with Gasteiger partial charge in [-0.25, -0.2) is 4.39 Å². The quantitative estimate of drug-likeness (QED) is 0.0708. The van der Waals surface area contributed by atoms with Gasteiger partial charge in [0.15, 0.2) is 0 Å². The predicted octanol–water partition coefficient (Wildman–Crippen LogP) is 4.78. The number of aromatic nitrogens is 1. The second-order valence-corrected chi connectivity index (χ2v) is 17.5. The van der Waals surface area contributed by atoms with E-state index in [-0.39, 0.29) is 81.8 Å². The van der Waals surface area contributed by atoms with Crippen molar-refractivity contribution in [3.8, 4) is 11.1 Å². The van der Waals surface area contributed by atoms with Gasteiger partial charge >= 0.3 is 6.18 Å². The van der Waals surface area contributed by atoms with Crippen molar-refractivity contribution in [3.05, 3.63) is 88.4 Å². The lowest BCUT2D eigenvalue weighted by atomic mass is 9.94. The lowest BCUT2D eigenvalue weighted by Gasteiger charge is -2.36. The number of hydrogen-bond donors (Lipinski definition) is 5. The van der Waals surface area contributed by atoms with Crippen LogP contribution in [0, 0.1) is 5.82 Å². The molecular formula is C46H47F4N9O6. The largest absolute Gasteiger partial charge is 0.417 e. The molecule has 1 saturated carbocycles. The van der Waals surface area contributed by atoms with Crippen LogP contribution in [-0.2, 0) is 15.8 Å². The molecule has 1 aromatic heterocycles. The molecule has 4 aromatic rings. The summed E-state index contributed by atoms with van der Waals surface area (Å²) in [5.41, 5.74) is -0.279. The van der Waals surface area contributed by atoms with E-state index >= 15 is 4.39 Å². The maximum atomic E-state index is 15.7. The van der Waals surface area contributed by atoms with E-state index in [4.69, 9.17) is 0 Å². The minimum Gasteiger partial charge on any atom is -0.382 e. The number of nitrogens with zero attached hydrogens (tertiary/aromatic N) is 4. The summed E-state index contributed by atoms with van der Waals surface area (Å²) in [5.74, 6) is -4.37. The van der Waals surface area contributed by atoms with Crippen molar-refractivity contribution in [1.29, 1.82) is 0 Å². The highest BCUT2D eigenvalue weighted by molar-refractivity contribution is 6.25. The molecular weight excluding hydrogens is 851 g/mol. The van der Waals surface area contributed by atoms with Crippen molar-refractivity contribution >= 4 is 57.7 Å². The lowest BCUT2D eigenvalue weighted by molar-refractivity contribution is -0.137. The third-order valence-electron chi connectivity index (χ3n) is 12.8. The number of likely N-dealkylation sites (N-methyl/N-ethyl adjacent to an activating group) is 1. The van der Waals surface area contributed by atoms with Crippen LogP contribution in [0.2, 0.25) is 0 Å². The van der Waals surface area contributed by atoms with Gasteiger partial charge in [0.05, 0.1) is 45.1 Å². The van der Waals surface area contributed by atoms with Crippen LogP contribution in [-0.4, -0.2) is 126 Å². The van der Waals surface area contributed by atoms with Crippen LogP contribution in [0.3, 0.4) is 0 Å². The van der Waals surface area contributed by atoms with Gasteiger partial charge in [0.1, 0.15) is 11.9 Å². The number of hydrogen-bond acceptors (Lipinski definition) is 11. The van der Waals surface area contributed by atoms with Crippen LogP contribution >= 0.6 is 0 Å². The predicted molar refractivity (Wildman–Crippen MR) is 231 cm³/mol. The Morgan fingerprint density at radius 2 is 1.60 bits per heavy atom. The highest BCUT2D eigenvalue weighted by Gasteiger charge is 2.46. The number of amides is 6. The highest BCUT2D eigenvalue weighted by atomic mass is 19.4. The molecule has 0 bridgehead atoms. The van der Waals surface area contributed by atoms with Crippen LogP contribution in [0.15, 0.2) is 54.7 Å². The fourth-order valence-corrected chi connectivity index (χ4v) is 9.15. The molecule has 9 rings (SSSR count). The summed E-state index contributed by atoms with van der Waals surface area (Å²) in [6.45, 7) is 3.57. The average molecular weight is 898 g/mol. The van der Waals surface area contributed by atoms with Gasteiger partial charge in [-0.2, -0.15) is 13.2 Å². The number of carbonyl (C=O) groups is 6. The molecule has 15 nitrogen and oxygen atoms in total. The minimum atomic E-state index is -4.83. The topological polar surface area (TPSA) is 185 Å². The zero-order chi connectivity index (χ0) is 45.7. The Hall–Kier alpha value is -6.47. The van der Waals surface area contributed by atoms with E-state index < -0.39 is 59.0 Å². The molecule has 3 saturated heterocycles. The molecule has 0 spiro atoms. The van der Waals surface area contributed by atoms with Crippen LogP contribution in [0.25, 0.3) is 22.0 Å². The van der Waals surface area contributed by atoms with E-state index in [9.17, 15) is 41.9 Å². The molecule has 5 heterocycles. The number of pyridine rings is 1. The van der Waals surface area contributed by atoms with Crippen molar-refractivity contribution < 1.29 is 46.3 Å². The van der Waals surface area contributed by atoms with Crippen molar-refractivity contribution in [2.45, 2.75) is 75.3 Å². The van der Waals surface area contributed by atoms with Gasteiger partial charge in [0.25, 0.3) is 23.6 Å². The molecule has 1 unspecified atom stereocenters. The molecule has 5 N–H and O–H groups in total. The second kappa shape index (κ2) is 17.5. The molecule has 1 atom stereocenters. The number of halogens is 4. The first-order chi connectivity index (χ1) is 31.1. The minimum absolute atomic E-state index is 0.0146. The maximum absolute atomic E-state index is 15.7. The number of nitrogens with one attached hydrogen (secondary N) is 5. The van der Waals surface area contributed by atoms with E-state index in [0.29, 0.717) is 63.4 Å². The summed E-state index contributed by atoms with van der Waals surface area (Å²) in [6, 6.07) is 9.41. The summed E-state index contributed by atoms with van der Waals surface area (Å²) >= 11 is 0. The zero-order valence-electron chi connectivity index (χ0n) is 35.4. The molecule has 6 amide bonds. The number of piperidine rings is 2. The number of alkyl halides is 3. The first kappa shape index (κ1) is 43.8. The number of fused-ring (bicyclic) bond motifs is 2. The number of benzene rings is 3. The molecule has 0 radical (unpaired) electrons. The van der Waals surface area contributed by atoms with E-state index in [1.165, 1.54) is 24.4 Å². The van der Waals surface area contributed by atoms with E-state index in [1.54, 1.807) is 18.2 Å². The van der Waals surface area contributed by atoms with Gasteiger partial charge in [-0.05, 0) is 99.6 Å². The Balaban J connectivity index is 0.808. The molecule has 5 aliphatic rings. The molecule has 340 valence electrons. The van der Waals surface area contributed by atoms with Crippen LogP contribution < -0.4 is 26.6 Å².